The molecule has 2 N–H and O–H groups in total. The quantitative estimate of drug-likeness (QED) is 0.750. The van der Waals surface area contributed by atoms with Crippen molar-refractivity contribution in [3.8, 4) is 0 Å². The second-order valence-electron chi connectivity index (χ2n) is 4.77. The van der Waals surface area contributed by atoms with Gasteiger partial charge in [-0.1, -0.05) is 30.0 Å². The van der Waals surface area contributed by atoms with Gasteiger partial charge in [0.05, 0.1) is 0 Å². The number of hydrogen-bond donors (Lipinski definition) is 2. The Bertz CT molecular complexity index is 384. The minimum Gasteiger partial charge on any atom is -0.480 e. The van der Waals surface area contributed by atoms with E-state index in [4.69, 9.17) is 0 Å². The summed E-state index contributed by atoms with van der Waals surface area (Å²) in [6.07, 6.45) is 0.532. The third kappa shape index (κ3) is 4.55. The molecular formula is C11H19N3O2S2. The first-order valence-electron chi connectivity index (χ1n) is 5.77. The van der Waals surface area contributed by atoms with Crippen LogP contribution in [0, 0.1) is 0 Å². The molecule has 0 aliphatic carbocycles. The Hall–Kier alpha value is -0.660. The van der Waals surface area contributed by atoms with Gasteiger partial charge in [0.1, 0.15) is 11.0 Å². The molecule has 1 aromatic rings. The first kappa shape index (κ1) is 15.4. The standard InChI is InChI=1S/C11H19N3O2S2/c1-7(2)13-11(4,9(15)16)5-8(3)18-10-14-12-6-17-10/h6-8,13H,5H2,1-4H3,(H,15,16). The molecule has 7 heteroatoms. The third-order valence-corrected chi connectivity index (χ3v) is 4.33. The monoisotopic (exact) mass is 289 g/mol. The Labute approximate surface area is 115 Å². The average Bonchev–Trinajstić information content (AvgIpc) is 2.68. The molecule has 0 aromatic carbocycles. The molecular weight excluding hydrogens is 270 g/mol. The number of carboxylic acids is 1. The molecule has 0 radical (unpaired) electrons. The van der Waals surface area contributed by atoms with Gasteiger partial charge in [0.2, 0.25) is 0 Å². The van der Waals surface area contributed by atoms with E-state index >= 15 is 0 Å². The van der Waals surface area contributed by atoms with Gasteiger partial charge in [0, 0.05) is 11.3 Å². The second-order valence-corrected chi connectivity index (χ2v) is 7.29. The number of aromatic nitrogens is 2. The summed E-state index contributed by atoms with van der Waals surface area (Å²) in [5.74, 6) is -0.819. The maximum absolute atomic E-state index is 11.4. The van der Waals surface area contributed by atoms with E-state index in [1.54, 1.807) is 24.2 Å². The van der Waals surface area contributed by atoms with Gasteiger partial charge < -0.3 is 5.11 Å². The lowest BCUT2D eigenvalue weighted by molar-refractivity contribution is -0.144. The first-order valence-corrected chi connectivity index (χ1v) is 7.53. The van der Waals surface area contributed by atoms with Gasteiger partial charge in [-0.15, -0.1) is 10.2 Å². The zero-order chi connectivity index (χ0) is 13.8. The minimum atomic E-state index is -0.911. The molecule has 0 spiro atoms. The molecule has 0 bridgehead atoms. The summed E-state index contributed by atoms with van der Waals surface area (Å²) >= 11 is 3.04. The highest BCUT2D eigenvalue weighted by atomic mass is 32.2. The van der Waals surface area contributed by atoms with Crippen molar-refractivity contribution in [2.75, 3.05) is 0 Å². The summed E-state index contributed by atoms with van der Waals surface area (Å²) in [5, 5.41) is 20.4. The summed E-state index contributed by atoms with van der Waals surface area (Å²) in [5.41, 5.74) is 0.767. The minimum absolute atomic E-state index is 0.129. The van der Waals surface area contributed by atoms with Crippen LogP contribution in [0.2, 0.25) is 0 Å². The van der Waals surface area contributed by atoms with Gasteiger partial charge in [0.15, 0.2) is 4.34 Å². The molecule has 1 heterocycles. The highest BCUT2D eigenvalue weighted by molar-refractivity contribution is 8.01. The largest absolute Gasteiger partial charge is 0.480 e. The predicted molar refractivity (Wildman–Crippen MR) is 74.2 cm³/mol. The van der Waals surface area contributed by atoms with Crippen molar-refractivity contribution in [1.82, 2.24) is 15.5 Å². The van der Waals surface area contributed by atoms with Gasteiger partial charge in [-0.3, -0.25) is 10.1 Å². The van der Waals surface area contributed by atoms with Crippen molar-refractivity contribution in [3.63, 3.8) is 0 Å². The first-order chi connectivity index (χ1) is 8.33. The molecule has 1 aromatic heterocycles. The summed E-state index contributed by atoms with van der Waals surface area (Å²) in [6, 6.07) is 0.129. The van der Waals surface area contributed by atoms with Crippen molar-refractivity contribution >= 4 is 29.1 Å². The number of hydrogen-bond acceptors (Lipinski definition) is 6. The summed E-state index contributed by atoms with van der Waals surface area (Å²) < 4.78 is 0.875. The third-order valence-electron chi connectivity index (χ3n) is 2.42. The summed E-state index contributed by atoms with van der Waals surface area (Å²) in [6.45, 7) is 7.63. The number of carbonyl (C=O) groups is 1. The number of nitrogens with zero attached hydrogens (tertiary/aromatic N) is 2. The fraction of sp³-hybridized carbons (Fsp3) is 0.727. The van der Waals surface area contributed by atoms with Crippen LogP contribution in [0.25, 0.3) is 0 Å². The van der Waals surface area contributed by atoms with E-state index in [0.29, 0.717) is 6.42 Å². The van der Waals surface area contributed by atoms with E-state index in [-0.39, 0.29) is 11.3 Å². The van der Waals surface area contributed by atoms with Crippen LogP contribution in [0.5, 0.6) is 0 Å². The average molecular weight is 289 g/mol. The fourth-order valence-electron chi connectivity index (χ4n) is 1.85. The van der Waals surface area contributed by atoms with Gasteiger partial charge >= 0.3 is 5.97 Å². The smallest absolute Gasteiger partial charge is 0.323 e. The molecule has 0 aliphatic heterocycles. The van der Waals surface area contributed by atoms with E-state index in [0.717, 1.165) is 4.34 Å². The van der Waals surface area contributed by atoms with Gasteiger partial charge in [0.25, 0.3) is 0 Å². The Balaban J connectivity index is 2.63. The predicted octanol–water partition coefficient (Wildman–Crippen LogP) is 2.25. The topological polar surface area (TPSA) is 75.1 Å². The molecule has 2 atom stereocenters. The van der Waals surface area contributed by atoms with Crippen molar-refractivity contribution in [3.05, 3.63) is 5.51 Å². The van der Waals surface area contributed by atoms with Crippen molar-refractivity contribution in [2.24, 2.45) is 0 Å². The van der Waals surface area contributed by atoms with Crippen molar-refractivity contribution in [2.45, 2.75) is 55.3 Å². The van der Waals surface area contributed by atoms with Crippen molar-refractivity contribution in [1.29, 1.82) is 0 Å². The zero-order valence-electron chi connectivity index (χ0n) is 11.0. The lowest BCUT2D eigenvalue weighted by Crippen LogP contribution is -2.53. The van der Waals surface area contributed by atoms with Gasteiger partial charge in [-0.05, 0) is 27.2 Å². The highest BCUT2D eigenvalue weighted by Gasteiger charge is 2.35. The number of rotatable bonds is 7. The maximum Gasteiger partial charge on any atom is 0.323 e. The molecule has 102 valence electrons. The molecule has 2 unspecified atom stereocenters. The summed E-state index contributed by atoms with van der Waals surface area (Å²) in [7, 11) is 0. The van der Waals surface area contributed by atoms with Crippen LogP contribution in [-0.2, 0) is 4.79 Å². The van der Waals surface area contributed by atoms with E-state index in [9.17, 15) is 9.90 Å². The molecule has 0 aliphatic rings. The van der Waals surface area contributed by atoms with Gasteiger partial charge in [-0.2, -0.15) is 0 Å². The SMILES string of the molecule is CC(C)NC(C)(CC(C)Sc1nncs1)C(=O)O. The molecule has 5 nitrogen and oxygen atoms in total. The van der Waals surface area contributed by atoms with Gasteiger partial charge in [-0.25, -0.2) is 0 Å². The number of carboxylic acid groups (broad SMARTS) is 1. The second kappa shape index (κ2) is 6.49. The molecule has 0 amide bonds. The number of nitrogens with one attached hydrogen (secondary N) is 1. The van der Waals surface area contributed by atoms with E-state index in [2.05, 4.69) is 15.5 Å². The van der Waals surface area contributed by atoms with Crippen LogP contribution in [-0.4, -0.2) is 38.1 Å². The number of thioether (sulfide) groups is 1. The highest BCUT2D eigenvalue weighted by Crippen LogP contribution is 2.29. The summed E-state index contributed by atoms with van der Waals surface area (Å²) in [4.78, 5) is 11.4. The Morgan fingerprint density at radius 2 is 2.28 bits per heavy atom. The Kier molecular flexibility index (Phi) is 5.55. The van der Waals surface area contributed by atoms with Crippen LogP contribution in [0.15, 0.2) is 9.85 Å². The Morgan fingerprint density at radius 3 is 2.72 bits per heavy atom. The van der Waals surface area contributed by atoms with Crippen LogP contribution in [0.4, 0.5) is 0 Å². The molecule has 0 saturated carbocycles. The lowest BCUT2D eigenvalue weighted by Gasteiger charge is -2.30. The fourth-order valence-corrected chi connectivity index (χ4v) is 3.83. The van der Waals surface area contributed by atoms with E-state index in [1.165, 1.54) is 11.3 Å². The van der Waals surface area contributed by atoms with Crippen LogP contribution in [0.3, 0.4) is 0 Å². The molecule has 1 rings (SSSR count). The number of aliphatic carboxylic acids is 1. The van der Waals surface area contributed by atoms with Crippen LogP contribution in [0.1, 0.15) is 34.1 Å². The lowest BCUT2D eigenvalue weighted by atomic mass is 9.95. The zero-order valence-corrected chi connectivity index (χ0v) is 12.6. The van der Waals surface area contributed by atoms with Crippen LogP contribution < -0.4 is 5.32 Å². The van der Waals surface area contributed by atoms with Crippen molar-refractivity contribution < 1.29 is 9.90 Å². The normalized spacial score (nSPS) is 16.5. The molecule has 0 fully saturated rings. The molecule has 18 heavy (non-hydrogen) atoms. The maximum atomic E-state index is 11.4. The van der Waals surface area contributed by atoms with E-state index in [1.807, 2.05) is 20.8 Å². The Morgan fingerprint density at radius 1 is 1.61 bits per heavy atom. The van der Waals surface area contributed by atoms with E-state index < -0.39 is 11.5 Å². The van der Waals surface area contributed by atoms with Crippen LogP contribution >= 0.6 is 23.1 Å². The molecule has 0 saturated heterocycles.